The van der Waals surface area contributed by atoms with E-state index in [1.807, 2.05) is 0 Å². The molecule has 4 fully saturated rings. The maximum Gasteiger partial charge on any atom is 0.227 e. The standard InChI is InChI=1S/C16H24N4/c1-2-20(15-18-4-3-14(17)19-15)16-8-11-5-12(9-16)7-13(6-11)10-16/h3-4,11-13H,2,5-10H2,1H3,(H2,17,18,19). The lowest BCUT2D eigenvalue weighted by atomic mass is 9.52. The van der Waals surface area contributed by atoms with Gasteiger partial charge in [0.2, 0.25) is 5.95 Å². The number of aromatic nitrogens is 2. The second-order valence-corrected chi connectivity index (χ2v) is 7.17. The molecule has 1 aromatic heterocycles. The molecule has 20 heavy (non-hydrogen) atoms. The molecule has 0 saturated heterocycles. The van der Waals surface area contributed by atoms with Gasteiger partial charge in [-0.05, 0) is 69.3 Å². The molecule has 0 aliphatic heterocycles. The van der Waals surface area contributed by atoms with Crippen molar-refractivity contribution in [3.05, 3.63) is 12.3 Å². The average molecular weight is 272 g/mol. The topological polar surface area (TPSA) is 55.0 Å². The zero-order valence-electron chi connectivity index (χ0n) is 12.3. The number of nitrogens with two attached hydrogens (primary N) is 1. The number of nitrogens with zero attached hydrogens (tertiary/aromatic N) is 3. The molecule has 0 aromatic carbocycles. The van der Waals surface area contributed by atoms with Crippen LogP contribution in [0.5, 0.6) is 0 Å². The van der Waals surface area contributed by atoms with Crippen molar-refractivity contribution in [3.63, 3.8) is 0 Å². The molecule has 5 rings (SSSR count). The summed E-state index contributed by atoms with van der Waals surface area (Å²) in [7, 11) is 0. The normalized spacial score (nSPS) is 38.1. The van der Waals surface area contributed by atoms with Crippen LogP contribution in [0.3, 0.4) is 0 Å². The molecule has 0 spiro atoms. The van der Waals surface area contributed by atoms with Gasteiger partial charge in [-0.2, -0.15) is 4.98 Å². The van der Waals surface area contributed by atoms with Gasteiger partial charge in [0.15, 0.2) is 0 Å². The van der Waals surface area contributed by atoms with Crippen molar-refractivity contribution < 1.29 is 0 Å². The first-order valence-corrected chi connectivity index (χ1v) is 8.05. The quantitative estimate of drug-likeness (QED) is 0.919. The van der Waals surface area contributed by atoms with Gasteiger partial charge in [-0.1, -0.05) is 0 Å². The fourth-order valence-corrected chi connectivity index (χ4v) is 5.58. The summed E-state index contributed by atoms with van der Waals surface area (Å²) in [6.07, 6.45) is 10.2. The molecule has 1 heterocycles. The van der Waals surface area contributed by atoms with Gasteiger partial charge in [-0.3, -0.25) is 0 Å². The van der Waals surface area contributed by atoms with Gasteiger partial charge in [0.25, 0.3) is 0 Å². The van der Waals surface area contributed by atoms with Gasteiger partial charge in [0.1, 0.15) is 5.82 Å². The Bertz CT molecular complexity index is 478. The number of hydrogen-bond acceptors (Lipinski definition) is 4. The number of nitrogen functional groups attached to an aromatic ring is 1. The molecule has 0 atom stereocenters. The Morgan fingerprint density at radius 2 is 1.80 bits per heavy atom. The highest BCUT2D eigenvalue weighted by molar-refractivity contribution is 5.41. The Hall–Kier alpha value is -1.32. The molecule has 4 nitrogen and oxygen atoms in total. The summed E-state index contributed by atoms with van der Waals surface area (Å²) in [4.78, 5) is 11.5. The molecule has 4 aliphatic rings. The lowest BCUT2D eigenvalue weighted by molar-refractivity contribution is -0.00450. The molecule has 4 aliphatic carbocycles. The molecule has 0 radical (unpaired) electrons. The lowest BCUT2D eigenvalue weighted by Crippen LogP contribution is -2.60. The molecule has 0 unspecified atom stereocenters. The van der Waals surface area contributed by atoms with Gasteiger partial charge in [-0.15, -0.1) is 0 Å². The molecule has 108 valence electrons. The third-order valence-electron chi connectivity index (χ3n) is 5.80. The minimum absolute atomic E-state index is 0.317. The summed E-state index contributed by atoms with van der Waals surface area (Å²) in [6.45, 7) is 3.21. The number of hydrogen-bond donors (Lipinski definition) is 1. The van der Waals surface area contributed by atoms with E-state index in [1.165, 1.54) is 38.5 Å². The highest BCUT2D eigenvalue weighted by atomic mass is 15.3. The first-order valence-electron chi connectivity index (χ1n) is 8.05. The fraction of sp³-hybridized carbons (Fsp3) is 0.750. The first kappa shape index (κ1) is 12.4. The zero-order chi connectivity index (χ0) is 13.7. The predicted octanol–water partition coefficient (Wildman–Crippen LogP) is 2.85. The van der Waals surface area contributed by atoms with Gasteiger partial charge in [-0.25, -0.2) is 4.98 Å². The van der Waals surface area contributed by atoms with E-state index < -0.39 is 0 Å². The number of rotatable bonds is 3. The van der Waals surface area contributed by atoms with Crippen molar-refractivity contribution in [1.82, 2.24) is 9.97 Å². The van der Waals surface area contributed by atoms with Crippen LogP contribution in [0.15, 0.2) is 12.3 Å². The van der Waals surface area contributed by atoms with E-state index >= 15 is 0 Å². The Kier molecular flexibility index (Phi) is 2.69. The second kappa shape index (κ2) is 4.34. The van der Waals surface area contributed by atoms with Crippen molar-refractivity contribution in [3.8, 4) is 0 Å². The predicted molar refractivity (Wildman–Crippen MR) is 80.4 cm³/mol. The number of anilines is 2. The minimum atomic E-state index is 0.317. The van der Waals surface area contributed by atoms with Crippen LogP contribution in [-0.2, 0) is 0 Å². The summed E-state index contributed by atoms with van der Waals surface area (Å²) < 4.78 is 0. The van der Waals surface area contributed by atoms with Crippen molar-refractivity contribution in [2.24, 2.45) is 17.8 Å². The average Bonchev–Trinajstić information content (AvgIpc) is 2.37. The Labute approximate surface area is 120 Å². The summed E-state index contributed by atoms with van der Waals surface area (Å²) >= 11 is 0. The smallest absolute Gasteiger partial charge is 0.227 e. The Balaban J connectivity index is 1.70. The van der Waals surface area contributed by atoms with Crippen LogP contribution in [0.2, 0.25) is 0 Å². The lowest BCUT2D eigenvalue weighted by Gasteiger charge is -2.60. The molecule has 4 bridgehead atoms. The zero-order valence-corrected chi connectivity index (χ0v) is 12.3. The van der Waals surface area contributed by atoms with E-state index in [-0.39, 0.29) is 0 Å². The van der Waals surface area contributed by atoms with Crippen LogP contribution in [-0.4, -0.2) is 22.1 Å². The SMILES string of the molecule is CCN(c1nccc(N)n1)C12CC3CC(CC(C3)C1)C2. The van der Waals surface area contributed by atoms with Crippen molar-refractivity contribution >= 4 is 11.8 Å². The highest BCUT2D eigenvalue weighted by Crippen LogP contribution is 2.58. The molecule has 4 heteroatoms. The molecule has 0 amide bonds. The van der Waals surface area contributed by atoms with Gasteiger partial charge in [0.05, 0.1) is 0 Å². The van der Waals surface area contributed by atoms with Gasteiger partial charge in [0, 0.05) is 18.3 Å². The summed E-state index contributed by atoms with van der Waals surface area (Å²) in [6, 6.07) is 1.77. The van der Waals surface area contributed by atoms with Crippen molar-refractivity contribution in [2.45, 2.75) is 51.0 Å². The maximum absolute atomic E-state index is 5.86. The molecule has 1 aromatic rings. The second-order valence-electron chi connectivity index (χ2n) is 7.17. The third-order valence-corrected chi connectivity index (χ3v) is 5.80. The van der Waals surface area contributed by atoms with Crippen LogP contribution in [0.4, 0.5) is 11.8 Å². The maximum atomic E-state index is 5.86. The van der Waals surface area contributed by atoms with Gasteiger partial charge < -0.3 is 10.6 Å². The van der Waals surface area contributed by atoms with E-state index in [0.717, 1.165) is 30.2 Å². The molecular formula is C16H24N4. The van der Waals surface area contributed by atoms with Crippen LogP contribution in [0.1, 0.15) is 45.4 Å². The van der Waals surface area contributed by atoms with Crippen LogP contribution < -0.4 is 10.6 Å². The largest absolute Gasteiger partial charge is 0.384 e. The van der Waals surface area contributed by atoms with E-state index in [9.17, 15) is 0 Å². The van der Waals surface area contributed by atoms with Crippen molar-refractivity contribution in [2.75, 3.05) is 17.2 Å². The molecule has 4 saturated carbocycles. The van der Waals surface area contributed by atoms with Crippen LogP contribution in [0, 0.1) is 17.8 Å². The molecule has 2 N–H and O–H groups in total. The third kappa shape index (κ3) is 1.80. The van der Waals surface area contributed by atoms with Crippen molar-refractivity contribution in [1.29, 1.82) is 0 Å². The Morgan fingerprint density at radius 3 is 2.30 bits per heavy atom. The molecular weight excluding hydrogens is 248 g/mol. The van der Waals surface area contributed by atoms with Crippen LogP contribution >= 0.6 is 0 Å². The van der Waals surface area contributed by atoms with E-state index in [4.69, 9.17) is 5.73 Å². The van der Waals surface area contributed by atoms with E-state index in [0.29, 0.717) is 11.4 Å². The van der Waals surface area contributed by atoms with Crippen LogP contribution in [0.25, 0.3) is 0 Å². The van der Waals surface area contributed by atoms with E-state index in [2.05, 4.69) is 21.8 Å². The first-order chi connectivity index (χ1) is 9.68. The van der Waals surface area contributed by atoms with Gasteiger partial charge >= 0.3 is 0 Å². The van der Waals surface area contributed by atoms with E-state index in [1.54, 1.807) is 12.3 Å². The summed E-state index contributed by atoms with van der Waals surface area (Å²) in [5.74, 6) is 4.25. The monoisotopic (exact) mass is 272 g/mol. The Morgan fingerprint density at radius 1 is 1.20 bits per heavy atom. The highest BCUT2D eigenvalue weighted by Gasteiger charge is 2.53. The summed E-state index contributed by atoms with van der Waals surface area (Å²) in [5, 5.41) is 0. The fourth-order valence-electron chi connectivity index (χ4n) is 5.58. The minimum Gasteiger partial charge on any atom is -0.384 e. The summed E-state index contributed by atoms with van der Waals surface area (Å²) in [5.41, 5.74) is 6.18.